The molecule has 0 heterocycles. The highest BCUT2D eigenvalue weighted by Crippen LogP contribution is 2.30. The molecule has 0 spiro atoms. The largest absolute Gasteiger partial charge is 0.481 e. The van der Waals surface area contributed by atoms with Crippen LogP contribution in [0.25, 0.3) is 0 Å². The van der Waals surface area contributed by atoms with E-state index in [1.54, 1.807) is 0 Å². The number of carboxylic acid groups (broad SMARTS) is 1. The van der Waals surface area contributed by atoms with E-state index in [4.69, 9.17) is 0 Å². The second-order valence-electron chi connectivity index (χ2n) is 5.24. The standard InChI is InChI=1S/C13H22F3NO2/c1-2-8-17(9-13(14,15)16)11-7-5-3-4-6-10(11)12(18)19/h10-11H,2-9H2,1H3,(H,18,19). The summed E-state index contributed by atoms with van der Waals surface area (Å²) in [5.41, 5.74) is 0. The predicted molar refractivity (Wildman–Crippen MR) is 65.9 cm³/mol. The first kappa shape index (κ1) is 16.3. The van der Waals surface area contributed by atoms with E-state index >= 15 is 0 Å². The lowest BCUT2D eigenvalue weighted by Gasteiger charge is -2.34. The number of alkyl halides is 3. The van der Waals surface area contributed by atoms with Gasteiger partial charge in [0.1, 0.15) is 0 Å². The summed E-state index contributed by atoms with van der Waals surface area (Å²) in [5, 5.41) is 9.24. The van der Waals surface area contributed by atoms with Crippen LogP contribution in [-0.4, -0.2) is 41.3 Å². The van der Waals surface area contributed by atoms with Gasteiger partial charge in [0.25, 0.3) is 0 Å². The Kier molecular flexibility index (Phi) is 6.10. The topological polar surface area (TPSA) is 40.5 Å². The van der Waals surface area contributed by atoms with Crippen molar-refractivity contribution in [1.82, 2.24) is 4.90 Å². The van der Waals surface area contributed by atoms with Crippen LogP contribution in [0.3, 0.4) is 0 Å². The molecule has 0 aromatic rings. The fourth-order valence-electron chi connectivity index (χ4n) is 2.89. The number of nitrogens with zero attached hydrogens (tertiary/aromatic N) is 1. The first-order chi connectivity index (χ1) is 8.85. The number of carbonyl (C=O) groups is 1. The second-order valence-corrected chi connectivity index (χ2v) is 5.24. The SMILES string of the molecule is CCCN(CC(F)(F)F)C1CCCCCC1C(=O)O. The average molecular weight is 281 g/mol. The van der Waals surface area contributed by atoms with Gasteiger partial charge < -0.3 is 5.11 Å². The van der Waals surface area contributed by atoms with Crippen molar-refractivity contribution in [2.24, 2.45) is 5.92 Å². The lowest BCUT2D eigenvalue weighted by Crippen LogP contribution is -2.47. The van der Waals surface area contributed by atoms with Crippen molar-refractivity contribution >= 4 is 5.97 Å². The van der Waals surface area contributed by atoms with Crippen LogP contribution in [0, 0.1) is 5.92 Å². The Morgan fingerprint density at radius 1 is 1.26 bits per heavy atom. The van der Waals surface area contributed by atoms with E-state index in [1.807, 2.05) is 6.92 Å². The maximum atomic E-state index is 12.6. The minimum atomic E-state index is -4.27. The molecule has 0 aromatic heterocycles. The van der Waals surface area contributed by atoms with Crippen LogP contribution >= 0.6 is 0 Å². The summed E-state index contributed by atoms with van der Waals surface area (Å²) in [6.07, 6.45) is -0.132. The van der Waals surface area contributed by atoms with Gasteiger partial charge in [-0.2, -0.15) is 13.2 Å². The second kappa shape index (κ2) is 7.12. The molecular weight excluding hydrogens is 259 g/mol. The van der Waals surface area contributed by atoms with E-state index in [0.717, 1.165) is 19.3 Å². The lowest BCUT2D eigenvalue weighted by atomic mass is 9.93. The van der Waals surface area contributed by atoms with E-state index in [9.17, 15) is 23.1 Å². The fraction of sp³-hybridized carbons (Fsp3) is 0.923. The Labute approximate surface area is 111 Å². The molecule has 6 heteroatoms. The van der Waals surface area contributed by atoms with Crippen molar-refractivity contribution in [2.75, 3.05) is 13.1 Å². The minimum absolute atomic E-state index is 0.300. The highest BCUT2D eigenvalue weighted by molar-refractivity contribution is 5.70. The van der Waals surface area contributed by atoms with Gasteiger partial charge in [-0.3, -0.25) is 9.69 Å². The molecule has 1 rings (SSSR count). The van der Waals surface area contributed by atoms with E-state index in [2.05, 4.69) is 0 Å². The number of hydrogen-bond acceptors (Lipinski definition) is 2. The van der Waals surface area contributed by atoms with Crippen molar-refractivity contribution in [3.8, 4) is 0 Å². The third kappa shape index (κ3) is 5.38. The molecule has 1 N–H and O–H groups in total. The Hall–Kier alpha value is -0.780. The Balaban J connectivity index is 2.85. The van der Waals surface area contributed by atoms with Gasteiger partial charge in [-0.25, -0.2) is 0 Å². The van der Waals surface area contributed by atoms with E-state index in [1.165, 1.54) is 4.90 Å². The Morgan fingerprint density at radius 3 is 2.42 bits per heavy atom. The summed E-state index contributed by atoms with van der Waals surface area (Å²) in [6, 6.07) is -0.485. The molecule has 0 amide bonds. The summed E-state index contributed by atoms with van der Waals surface area (Å²) in [7, 11) is 0. The zero-order valence-electron chi connectivity index (χ0n) is 11.2. The third-order valence-electron chi connectivity index (χ3n) is 3.66. The monoisotopic (exact) mass is 281 g/mol. The van der Waals surface area contributed by atoms with Gasteiger partial charge in [-0.05, 0) is 25.8 Å². The normalized spacial score (nSPS) is 25.3. The summed E-state index contributed by atoms with van der Waals surface area (Å²) in [6.45, 7) is 1.11. The van der Waals surface area contributed by atoms with Crippen LogP contribution in [0.5, 0.6) is 0 Å². The van der Waals surface area contributed by atoms with Crippen LogP contribution in [0.4, 0.5) is 13.2 Å². The predicted octanol–water partition coefficient (Wildman–Crippen LogP) is 3.29. The molecule has 3 nitrogen and oxygen atoms in total. The maximum Gasteiger partial charge on any atom is 0.401 e. The first-order valence-corrected chi connectivity index (χ1v) is 6.88. The molecule has 0 bridgehead atoms. The van der Waals surface area contributed by atoms with Gasteiger partial charge in [-0.15, -0.1) is 0 Å². The van der Waals surface area contributed by atoms with Crippen molar-refractivity contribution in [1.29, 1.82) is 0 Å². The molecule has 2 atom stereocenters. The quantitative estimate of drug-likeness (QED) is 0.786. The molecular formula is C13H22F3NO2. The van der Waals surface area contributed by atoms with Crippen molar-refractivity contribution in [3.63, 3.8) is 0 Å². The first-order valence-electron chi connectivity index (χ1n) is 6.88. The molecule has 112 valence electrons. The van der Waals surface area contributed by atoms with Gasteiger partial charge in [0, 0.05) is 6.04 Å². The van der Waals surface area contributed by atoms with Gasteiger partial charge in [-0.1, -0.05) is 26.2 Å². The average Bonchev–Trinajstić information content (AvgIpc) is 2.51. The molecule has 0 radical (unpaired) electrons. The molecule has 0 aliphatic heterocycles. The van der Waals surface area contributed by atoms with E-state index < -0.39 is 30.7 Å². The van der Waals surface area contributed by atoms with Crippen LogP contribution in [0.2, 0.25) is 0 Å². The number of halogens is 3. The molecule has 2 unspecified atom stereocenters. The number of carboxylic acids is 1. The smallest absolute Gasteiger partial charge is 0.401 e. The van der Waals surface area contributed by atoms with E-state index in [0.29, 0.717) is 25.8 Å². The van der Waals surface area contributed by atoms with Crippen LogP contribution in [0.15, 0.2) is 0 Å². The molecule has 1 aliphatic rings. The van der Waals surface area contributed by atoms with Crippen molar-refractivity contribution in [3.05, 3.63) is 0 Å². The van der Waals surface area contributed by atoms with Gasteiger partial charge in [0.05, 0.1) is 12.5 Å². The molecule has 1 aliphatic carbocycles. The third-order valence-corrected chi connectivity index (χ3v) is 3.66. The van der Waals surface area contributed by atoms with Crippen LogP contribution in [-0.2, 0) is 4.79 Å². The Morgan fingerprint density at radius 2 is 1.89 bits per heavy atom. The van der Waals surface area contributed by atoms with Crippen molar-refractivity contribution < 1.29 is 23.1 Å². The summed E-state index contributed by atoms with van der Waals surface area (Å²) in [4.78, 5) is 12.6. The number of rotatable bonds is 5. The molecule has 19 heavy (non-hydrogen) atoms. The van der Waals surface area contributed by atoms with Crippen LogP contribution in [0.1, 0.15) is 45.4 Å². The fourth-order valence-corrected chi connectivity index (χ4v) is 2.89. The van der Waals surface area contributed by atoms with Gasteiger partial charge in [0.2, 0.25) is 0 Å². The van der Waals surface area contributed by atoms with Crippen molar-refractivity contribution in [2.45, 2.75) is 57.7 Å². The Bertz CT molecular complexity index is 294. The maximum absolute atomic E-state index is 12.6. The zero-order chi connectivity index (χ0) is 14.5. The van der Waals surface area contributed by atoms with E-state index in [-0.39, 0.29) is 0 Å². The number of hydrogen-bond donors (Lipinski definition) is 1. The molecule has 1 fully saturated rings. The molecule has 0 saturated heterocycles. The summed E-state index contributed by atoms with van der Waals surface area (Å²) < 4.78 is 37.9. The summed E-state index contributed by atoms with van der Waals surface area (Å²) >= 11 is 0. The molecule has 1 saturated carbocycles. The lowest BCUT2D eigenvalue weighted by molar-refractivity contribution is -0.160. The summed E-state index contributed by atoms with van der Waals surface area (Å²) in [5.74, 6) is -1.63. The highest BCUT2D eigenvalue weighted by Gasteiger charge is 2.38. The van der Waals surface area contributed by atoms with Gasteiger partial charge >= 0.3 is 12.1 Å². The zero-order valence-corrected chi connectivity index (χ0v) is 11.2. The minimum Gasteiger partial charge on any atom is -0.481 e. The van der Waals surface area contributed by atoms with Crippen LogP contribution < -0.4 is 0 Å². The van der Waals surface area contributed by atoms with Gasteiger partial charge in [0.15, 0.2) is 0 Å². The number of aliphatic carboxylic acids is 1. The highest BCUT2D eigenvalue weighted by atomic mass is 19.4. The molecule has 0 aromatic carbocycles.